The van der Waals surface area contributed by atoms with E-state index < -0.39 is 0 Å². The van der Waals surface area contributed by atoms with Gasteiger partial charge in [0.05, 0.1) is 17.4 Å². The summed E-state index contributed by atoms with van der Waals surface area (Å²) < 4.78 is 5.94. The number of azo groups is 2. The SMILES string of the molecule is CN(C)c1ccc(/N=N/c2snc3ccccc23)c(O)c1/N=N/c1ccnn1C. The van der Waals surface area contributed by atoms with Crippen molar-refractivity contribution in [2.75, 3.05) is 19.0 Å². The fourth-order valence-electron chi connectivity index (χ4n) is 2.71. The molecular formula is C19H18N8OS. The van der Waals surface area contributed by atoms with E-state index in [4.69, 9.17) is 0 Å². The summed E-state index contributed by atoms with van der Waals surface area (Å²) in [6.45, 7) is 0. The predicted octanol–water partition coefficient (Wildman–Crippen LogP) is 5.63. The second-order valence-corrected chi connectivity index (χ2v) is 7.17. The molecule has 29 heavy (non-hydrogen) atoms. The number of aromatic hydroxyl groups is 1. The minimum atomic E-state index is -0.0975. The molecule has 9 nitrogen and oxygen atoms in total. The molecule has 1 N–H and O–H groups in total. The number of rotatable bonds is 5. The fourth-order valence-corrected chi connectivity index (χ4v) is 3.40. The van der Waals surface area contributed by atoms with E-state index in [1.165, 1.54) is 11.5 Å². The normalized spacial score (nSPS) is 11.8. The molecule has 146 valence electrons. The van der Waals surface area contributed by atoms with Crippen LogP contribution >= 0.6 is 11.5 Å². The van der Waals surface area contributed by atoms with Crippen LogP contribution in [-0.2, 0) is 7.05 Å². The summed E-state index contributed by atoms with van der Waals surface area (Å²) in [5.41, 5.74) is 2.17. The molecule has 4 aromatic rings. The summed E-state index contributed by atoms with van der Waals surface area (Å²) >= 11 is 1.26. The third-order valence-corrected chi connectivity index (χ3v) is 5.01. The average Bonchev–Trinajstić information content (AvgIpc) is 3.31. The zero-order valence-electron chi connectivity index (χ0n) is 16.1. The van der Waals surface area contributed by atoms with E-state index in [9.17, 15) is 5.11 Å². The quantitative estimate of drug-likeness (QED) is 0.434. The second-order valence-electron chi connectivity index (χ2n) is 6.41. The van der Waals surface area contributed by atoms with Crippen molar-refractivity contribution in [3.05, 3.63) is 48.7 Å². The van der Waals surface area contributed by atoms with E-state index >= 15 is 0 Å². The van der Waals surface area contributed by atoms with Crippen LogP contribution in [0.5, 0.6) is 5.75 Å². The number of hydrogen-bond acceptors (Lipinski definition) is 9. The van der Waals surface area contributed by atoms with Crippen LogP contribution in [0.4, 0.5) is 27.9 Å². The van der Waals surface area contributed by atoms with Crippen molar-refractivity contribution < 1.29 is 5.11 Å². The van der Waals surface area contributed by atoms with Gasteiger partial charge in [0.1, 0.15) is 5.69 Å². The molecule has 4 rings (SSSR count). The number of aryl methyl sites for hydroxylation is 1. The Morgan fingerprint density at radius 1 is 1.00 bits per heavy atom. The third-order valence-electron chi connectivity index (χ3n) is 4.25. The van der Waals surface area contributed by atoms with Gasteiger partial charge in [-0.2, -0.15) is 9.47 Å². The van der Waals surface area contributed by atoms with Gasteiger partial charge < -0.3 is 10.0 Å². The van der Waals surface area contributed by atoms with Crippen molar-refractivity contribution in [3.63, 3.8) is 0 Å². The molecule has 0 fully saturated rings. The molecule has 0 saturated heterocycles. The van der Waals surface area contributed by atoms with Gasteiger partial charge in [0.25, 0.3) is 0 Å². The summed E-state index contributed by atoms with van der Waals surface area (Å²) in [7, 11) is 5.50. The monoisotopic (exact) mass is 406 g/mol. The molecule has 0 amide bonds. The highest BCUT2D eigenvalue weighted by Crippen LogP contribution is 2.44. The third kappa shape index (κ3) is 3.69. The Bertz CT molecular complexity index is 1220. The molecule has 0 atom stereocenters. The van der Waals surface area contributed by atoms with Crippen LogP contribution < -0.4 is 4.90 Å². The van der Waals surface area contributed by atoms with Gasteiger partial charge in [0.15, 0.2) is 22.3 Å². The number of anilines is 1. The van der Waals surface area contributed by atoms with Gasteiger partial charge in [-0.15, -0.1) is 20.5 Å². The first-order valence-electron chi connectivity index (χ1n) is 8.74. The molecular weight excluding hydrogens is 388 g/mol. The van der Waals surface area contributed by atoms with Crippen LogP contribution in [0.25, 0.3) is 10.9 Å². The zero-order chi connectivity index (χ0) is 20.4. The standard InChI is InChI=1S/C19H18N8OS/c1-26(2)15-9-8-14(18(28)17(15)23-22-16-10-11-20-27(16)3)21-24-19-12-6-4-5-7-13(12)25-29-19/h4-11,28H,1-3H3/b23-22+,24-21+. The first kappa shape index (κ1) is 18.7. The molecule has 0 bridgehead atoms. The number of aromatic nitrogens is 3. The highest BCUT2D eigenvalue weighted by atomic mass is 32.1. The van der Waals surface area contributed by atoms with E-state index in [1.807, 2.05) is 49.3 Å². The lowest BCUT2D eigenvalue weighted by atomic mass is 10.2. The molecule has 2 aromatic heterocycles. The maximum absolute atomic E-state index is 10.8. The minimum absolute atomic E-state index is 0.0975. The van der Waals surface area contributed by atoms with Crippen molar-refractivity contribution in [1.29, 1.82) is 0 Å². The van der Waals surface area contributed by atoms with E-state index in [0.29, 0.717) is 27.9 Å². The van der Waals surface area contributed by atoms with Gasteiger partial charge >= 0.3 is 0 Å². The van der Waals surface area contributed by atoms with Crippen LogP contribution in [0, 0.1) is 0 Å². The molecule has 0 aliphatic carbocycles. The summed E-state index contributed by atoms with van der Waals surface area (Å²) in [5, 5.41) is 33.4. The van der Waals surface area contributed by atoms with Gasteiger partial charge in [0.2, 0.25) is 0 Å². The van der Waals surface area contributed by atoms with E-state index in [2.05, 4.69) is 29.9 Å². The molecule has 0 aliphatic rings. The topological polar surface area (TPSA) is 104 Å². The van der Waals surface area contributed by atoms with Crippen LogP contribution in [0.2, 0.25) is 0 Å². The lowest BCUT2D eigenvalue weighted by molar-refractivity contribution is 0.477. The summed E-state index contributed by atoms with van der Waals surface area (Å²) in [6, 6.07) is 13.0. The lowest BCUT2D eigenvalue weighted by Gasteiger charge is -2.16. The summed E-state index contributed by atoms with van der Waals surface area (Å²) in [5.74, 6) is 0.469. The Labute approximate surface area is 170 Å². The Hall–Kier alpha value is -3.66. The summed E-state index contributed by atoms with van der Waals surface area (Å²) in [6.07, 6.45) is 1.63. The minimum Gasteiger partial charge on any atom is -0.504 e. The maximum atomic E-state index is 10.8. The molecule has 0 unspecified atom stereocenters. The van der Waals surface area contributed by atoms with Gasteiger partial charge in [-0.1, -0.05) is 12.1 Å². The van der Waals surface area contributed by atoms with Gasteiger partial charge in [-0.05, 0) is 35.8 Å². The van der Waals surface area contributed by atoms with Crippen LogP contribution in [-0.4, -0.2) is 33.4 Å². The van der Waals surface area contributed by atoms with Crippen LogP contribution in [0.1, 0.15) is 0 Å². The highest BCUT2D eigenvalue weighted by Gasteiger charge is 2.15. The Balaban J connectivity index is 1.73. The Morgan fingerprint density at radius 3 is 2.59 bits per heavy atom. The molecule has 2 aromatic carbocycles. The highest BCUT2D eigenvalue weighted by molar-refractivity contribution is 7.11. The largest absolute Gasteiger partial charge is 0.504 e. The molecule has 0 aliphatic heterocycles. The van der Waals surface area contributed by atoms with Gasteiger partial charge in [-0.3, -0.25) is 0 Å². The van der Waals surface area contributed by atoms with Crippen molar-refractivity contribution in [2.45, 2.75) is 0 Å². The second kappa shape index (κ2) is 7.76. The van der Waals surface area contributed by atoms with E-state index in [-0.39, 0.29) is 5.75 Å². The number of nitrogens with zero attached hydrogens (tertiary/aromatic N) is 8. The smallest absolute Gasteiger partial charge is 0.173 e. The van der Waals surface area contributed by atoms with Gasteiger partial charge in [-0.25, -0.2) is 4.68 Å². The van der Waals surface area contributed by atoms with Crippen LogP contribution in [0.3, 0.4) is 0 Å². The van der Waals surface area contributed by atoms with E-state index in [0.717, 1.165) is 10.9 Å². The molecule has 0 radical (unpaired) electrons. The number of phenols is 1. The van der Waals surface area contributed by atoms with Crippen LogP contribution in [0.15, 0.2) is 69.1 Å². The van der Waals surface area contributed by atoms with Crippen molar-refractivity contribution in [3.8, 4) is 5.75 Å². The number of hydrogen-bond donors (Lipinski definition) is 1. The Morgan fingerprint density at radius 2 is 1.83 bits per heavy atom. The molecule has 10 heteroatoms. The Kier molecular flexibility index (Phi) is 5.00. The zero-order valence-corrected chi connectivity index (χ0v) is 16.9. The maximum Gasteiger partial charge on any atom is 0.173 e. The average molecular weight is 406 g/mol. The van der Waals surface area contributed by atoms with Crippen molar-refractivity contribution >= 4 is 50.3 Å². The summed E-state index contributed by atoms with van der Waals surface area (Å²) in [4.78, 5) is 1.84. The number of benzene rings is 2. The molecule has 2 heterocycles. The predicted molar refractivity (Wildman–Crippen MR) is 114 cm³/mol. The molecule has 0 spiro atoms. The number of phenolic OH excluding ortho intramolecular Hbond substituents is 1. The lowest BCUT2D eigenvalue weighted by Crippen LogP contribution is -2.08. The van der Waals surface area contributed by atoms with Crippen molar-refractivity contribution in [1.82, 2.24) is 14.2 Å². The first-order valence-corrected chi connectivity index (χ1v) is 9.51. The number of fused-ring (bicyclic) bond motifs is 1. The van der Waals surface area contributed by atoms with Gasteiger partial charge in [0, 0.05) is 32.6 Å². The fraction of sp³-hybridized carbons (Fsp3) is 0.158. The first-order chi connectivity index (χ1) is 14.0. The molecule has 0 saturated carbocycles. The van der Waals surface area contributed by atoms with E-state index in [1.54, 1.807) is 30.1 Å². The van der Waals surface area contributed by atoms with Crippen molar-refractivity contribution in [2.24, 2.45) is 27.5 Å².